The zero-order chi connectivity index (χ0) is 45.3. The van der Waals surface area contributed by atoms with Crippen molar-refractivity contribution >= 4 is 35.2 Å². The summed E-state index contributed by atoms with van der Waals surface area (Å²) in [6, 6.07) is 63.1. The standard InChI is InChI=1S/C30H21NO.C17H23NSi.C13H13N.Ir/c1-20-10-12-22(13-11-20)23-14-15-25-26-8-5-9-27(30(26)32-29(25)19-23)28-18-24(16-17-31-28)21-6-3-2-4-7-21;1-13(2)15-11-16(14-9-7-6-8-10-14)18-12-17(15)19(3,4)5;1-2-11-8-9-14-13(10-11)12-6-4-3-5-7-12;/h2-19H,1H3;6-13H,1-5H3;3-10H,2H2,1H3;. The van der Waals surface area contributed by atoms with Crippen LogP contribution >= 0.6 is 0 Å². The second-order valence-corrected chi connectivity index (χ2v) is 22.9. The van der Waals surface area contributed by atoms with E-state index in [1.807, 2.05) is 48.8 Å². The van der Waals surface area contributed by atoms with Gasteiger partial charge in [-0.15, -0.1) is 0 Å². The Balaban J connectivity index is 0.000000162. The Bertz CT molecular complexity index is 3140. The topological polar surface area (TPSA) is 51.8 Å². The van der Waals surface area contributed by atoms with Crippen LogP contribution in [0.15, 0.2) is 205 Å². The second kappa shape index (κ2) is 21.6. The van der Waals surface area contributed by atoms with Crippen molar-refractivity contribution in [3.8, 4) is 56.0 Å². The maximum Gasteiger partial charge on any atom is 0.144 e. The third-order valence-corrected chi connectivity index (χ3v) is 13.8. The average Bonchev–Trinajstić information content (AvgIpc) is 3.73. The molecule has 0 saturated heterocycles. The van der Waals surface area contributed by atoms with Crippen molar-refractivity contribution in [2.45, 2.75) is 59.7 Å². The van der Waals surface area contributed by atoms with Gasteiger partial charge in [-0.25, -0.2) is 0 Å². The second-order valence-electron chi connectivity index (χ2n) is 17.9. The number of pyridine rings is 3. The molecule has 0 aliphatic heterocycles. The fourth-order valence-electron chi connectivity index (χ4n) is 8.12. The Hall–Kier alpha value is -6.56. The van der Waals surface area contributed by atoms with Crippen LogP contribution in [0.1, 0.15) is 43.4 Å². The van der Waals surface area contributed by atoms with Gasteiger partial charge in [-0.3, -0.25) is 15.0 Å². The van der Waals surface area contributed by atoms with Crippen LogP contribution in [0.4, 0.5) is 0 Å². The van der Waals surface area contributed by atoms with Crippen LogP contribution < -0.4 is 5.19 Å². The maximum absolute atomic E-state index is 6.43. The fraction of sp³-hybridized carbons (Fsp3) is 0.150. The number of aromatic nitrogens is 3. The van der Waals surface area contributed by atoms with E-state index in [0.29, 0.717) is 5.92 Å². The molecule has 0 spiro atoms. The molecule has 0 atom stereocenters. The molecule has 0 aliphatic rings. The van der Waals surface area contributed by atoms with Crippen LogP contribution in [-0.2, 0) is 26.5 Å². The van der Waals surface area contributed by atoms with Gasteiger partial charge in [0.2, 0.25) is 0 Å². The minimum atomic E-state index is -1.33. The molecule has 0 amide bonds. The summed E-state index contributed by atoms with van der Waals surface area (Å²) >= 11 is 0. The van der Waals surface area contributed by atoms with Gasteiger partial charge in [0, 0.05) is 66.2 Å². The van der Waals surface area contributed by atoms with E-state index in [1.54, 1.807) is 0 Å². The Morgan fingerprint density at radius 2 is 1.06 bits per heavy atom. The van der Waals surface area contributed by atoms with Gasteiger partial charge in [-0.1, -0.05) is 179 Å². The summed E-state index contributed by atoms with van der Waals surface area (Å²) < 4.78 is 6.43. The van der Waals surface area contributed by atoms with E-state index < -0.39 is 8.07 Å². The van der Waals surface area contributed by atoms with Crippen molar-refractivity contribution in [2.24, 2.45) is 0 Å². The van der Waals surface area contributed by atoms with Crippen molar-refractivity contribution in [3.05, 3.63) is 217 Å². The van der Waals surface area contributed by atoms with Gasteiger partial charge in [0.25, 0.3) is 0 Å². The van der Waals surface area contributed by atoms with E-state index in [4.69, 9.17) is 9.40 Å². The molecule has 66 heavy (non-hydrogen) atoms. The van der Waals surface area contributed by atoms with E-state index >= 15 is 0 Å². The molecule has 0 saturated carbocycles. The zero-order valence-corrected chi connectivity index (χ0v) is 42.3. The quantitative estimate of drug-likeness (QED) is 0.142. The molecule has 1 radical (unpaired) electrons. The molecule has 4 heterocycles. The molecule has 6 heteroatoms. The van der Waals surface area contributed by atoms with E-state index in [1.165, 1.54) is 44.1 Å². The molecule has 331 valence electrons. The molecule has 4 aromatic heterocycles. The zero-order valence-electron chi connectivity index (χ0n) is 38.9. The SMILES string of the molecule is CC(C)c1cc(-c2ccccc2)ncc1[Si](C)(C)C.CCc1ccnc(-c2ccccc2)c1.Cc1ccc(-c2ccc3c(c2)oc2c(-c4cc(-c5ccccc5)ccn4)cccc23)cc1.[Ir]. The predicted molar refractivity (Wildman–Crippen MR) is 278 cm³/mol. The first kappa shape index (κ1) is 47.4. The van der Waals surface area contributed by atoms with Crippen molar-refractivity contribution in [1.82, 2.24) is 15.0 Å². The number of aryl methyl sites for hydroxylation is 2. The van der Waals surface area contributed by atoms with Crippen molar-refractivity contribution in [3.63, 3.8) is 0 Å². The molecular weight excluding hydrogens is 999 g/mol. The van der Waals surface area contributed by atoms with E-state index in [0.717, 1.165) is 62.1 Å². The molecule has 0 bridgehead atoms. The summed E-state index contributed by atoms with van der Waals surface area (Å²) in [6.07, 6.45) is 6.92. The van der Waals surface area contributed by atoms with Crippen LogP contribution in [0.25, 0.3) is 78.0 Å². The van der Waals surface area contributed by atoms with Crippen LogP contribution in [0.5, 0.6) is 0 Å². The minimum absolute atomic E-state index is 0. The molecule has 0 unspecified atom stereocenters. The molecule has 10 aromatic rings. The summed E-state index contributed by atoms with van der Waals surface area (Å²) in [4.78, 5) is 13.7. The summed E-state index contributed by atoms with van der Waals surface area (Å²) in [6.45, 7) is 16.0. The van der Waals surface area contributed by atoms with Gasteiger partial charge < -0.3 is 4.42 Å². The van der Waals surface area contributed by atoms with E-state index in [2.05, 4.69) is 209 Å². The Labute approximate surface area is 405 Å². The molecular formula is C60H57IrN3OSi. The summed E-state index contributed by atoms with van der Waals surface area (Å²) in [5.74, 6) is 0.548. The van der Waals surface area contributed by atoms with E-state index in [9.17, 15) is 0 Å². The number of para-hydroxylation sites is 1. The first-order chi connectivity index (χ1) is 31.6. The average molecular weight is 1060 g/mol. The predicted octanol–water partition coefficient (Wildman–Crippen LogP) is 16.0. The third-order valence-electron chi connectivity index (χ3n) is 11.8. The number of rotatable bonds is 8. The first-order valence-corrected chi connectivity index (χ1v) is 26.2. The number of hydrogen-bond acceptors (Lipinski definition) is 4. The molecule has 0 fully saturated rings. The third kappa shape index (κ3) is 11.3. The van der Waals surface area contributed by atoms with Gasteiger partial charge >= 0.3 is 0 Å². The Kier molecular flexibility index (Phi) is 15.5. The molecule has 0 N–H and O–H groups in total. The summed E-state index contributed by atoms with van der Waals surface area (Å²) in [5.41, 5.74) is 16.9. The molecule has 10 rings (SSSR count). The molecule has 0 aliphatic carbocycles. The van der Waals surface area contributed by atoms with E-state index in [-0.39, 0.29) is 20.1 Å². The van der Waals surface area contributed by atoms with Gasteiger partial charge in [0.1, 0.15) is 11.2 Å². The van der Waals surface area contributed by atoms with Crippen LogP contribution in [0.2, 0.25) is 19.6 Å². The van der Waals surface area contributed by atoms with Gasteiger partial charge in [0.05, 0.1) is 25.2 Å². The summed E-state index contributed by atoms with van der Waals surface area (Å²) in [5, 5.41) is 3.72. The van der Waals surface area contributed by atoms with Crippen molar-refractivity contribution < 1.29 is 24.5 Å². The Morgan fingerprint density at radius 3 is 1.68 bits per heavy atom. The molecule has 6 aromatic carbocycles. The maximum atomic E-state index is 6.43. The Morgan fingerprint density at radius 1 is 0.500 bits per heavy atom. The monoisotopic (exact) mass is 1060 g/mol. The number of benzene rings is 6. The smallest absolute Gasteiger partial charge is 0.144 e. The fourth-order valence-corrected chi connectivity index (χ4v) is 9.80. The van der Waals surface area contributed by atoms with Crippen LogP contribution in [0, 0.1) is 6.92 Å². The number of nitrogens with zero attached hydrogens (tertiary/aromatic N) is 3. The minimum Gasteiger partial charge on any atom is -0.455 e. The number of furan rings is 1. The normalized spacial score (nSPS) is 11.0. The first-order valence-electron chi connectivity index (χ1n) is 22.7. The largest absolute Gasteiger partial charge is 0.455 e. The van der Waals surface area contributed by atoms with Gasteiger partial charge in [-0.05, 0) is 106 Å². The van der Waals surface area contributed by atoms with Gasteiger partial charge in [0.15, 0.2) is 0 Å². The number of fused-ring (bicyclic) bond motifs is 3. The number of hydrogen-bond donors (Lipinski definition) is 0. The molecule has 4 nitrogen and oxygen atoms in total. The van der Waals surface area contributed by atoms with Crippen LogP contribution in [0.3, 0.4) is 0 Å². The summed E-state index contributed by atoms with van der Waals surface area (Å²) in [7, 11) is -1.33. The van der Waals surface area contributed by atoms with Gasteiger partial charge in [-0.2, -0.15) is 0 Å². The van der Waals surface area contributed by atoms with Crippen molar-refractivity contribution in [1.29, 1.82) is 0 Å². The van der Waals surface area contributed by atoms with Crippen molar-refractivity contribution in [2.75, 3.05) is 0 Å². The van der Waals surface area contributed by atoms with Crippen LogP contribution in [-0.4, -0.2) is 23.0 Å².